The molecule has 0 unspecified atom stereocenters. The molecule has 0 spiro atoms. The lowest BCUT2D eigenvalue weighted by atomic mass is 10.2. The third-order valence-corrected chi connectivity index (χ3v) is 2.61. The molecule has 2 aromatic rings. The average Bonchev–Trinajstić information content (AvgIpc) is 2.76. The highest BCUT2D eigenvalue weighted by molar-refractivity contribution is 7.71. The summed E-state index contributed by atoms with van der Waals surface area (Å²) in [5.41, 5.74) is 0.871. The molecule has 0 fully saturated rings. The average molecular weight is 238 g/mol. The highest BCUT2D eigenvalue weighted by atomic mass is 32.1. The number of rotatable bonds is 3. The zero-order chi connectivity index (χ0) is 11.7. The van der Waals surface area contributed by atoms with Crippen molar-refractivity contribution in [2.45, 2.75) is 33.2 Å². The molecule has 5 nitrogen and oxygen atoms in total. The smallest absolute Gasteiger partial charge is 0.195 e. The lowest BCUT2D eigenvalue weighted by Crippen LogP contribution is -2.06. The predicted molar refractivity (Wildman–Crippen MR) is 61.8 cm³/mol. The van der Waals surface area contributed by atoms with Crippen molar-refractivity contribution in [1.82, 2.24) is 19.9 Å². The molecule has 16 heavy (non-hydrogen) atoms. The number of aryl methyl sites for hydroxylation is 1. The minimum Gasteiger partial charge on any atom is -0.359 e. The summed E-state index contributed by atoms with van der Waals surface area (Å²) in [7, 11) is 0. The molecule has 2 aromatic heterocycles. The molecule has 0 aromatic carbocycles. The lowest BCUT2D eigenvalue weighted by Gasteiger charge is -2.06. The molecule has 0 bridgehead atoms. The number of hydrogen-bond acceptors (Lipinski definition) is 4. The molecular formula is C10H14N4OS. The van der Waals surface area contributed by atoms with Gasteiger partial charge in [-0.05, 0) is 19.1 Å². The molecule has 6 heteroatoms. The molecule has 0 aliphatic heterocycles. The normalized spacial score (nSPS) is 11.2. The Bertz CT molecular complexity index is 537. The number of H-pyrrole nitrogens is 1. The fourth-order valence-electron chi connectivity index (χ4n) is 1.57. The van der Waals surface area contributed by atoms with E-state index in [0.29, 0.717) is 17.2 Å². The van der Waals surface area contributed by atoms with Crippen LogP contribution in [0.3, 0.4) is 0 Å². The highest BCUT2D eigenvalue weighted by Gasteiger charge is 2.12. The Hall–Kier alpha value is -1.43. The Balaban J connectivity index is 2.33. The first kappa shape index (κ1) is 11.1. The van der Waals surface area contributed by atoms with Gasteiger partial charge in [-0.3, -0.25) is 9.67 Å². The van der Waals surface area contributed by atoms with Crippen molar-refractivity contribution >= 4 is 12.2 Å². The van der Waals surface area contributed by atoms with E-state index in [1.807, 2.05) is 17.6 Å². The maximum absolute atomic E-state index is 5.18. The first-order chi connectivity index (χ1) is 7.58. The van der Waals surface area contributed by atoms with E-state index in [0.717, 1.165) is 17.3 Å². The first-order valence-corrected chi connectivity index (χ1v) is 5.56. The standard InChI is InChI=1S/C10H14N4OS/c1-6(2)9-11-12-10(16)14(9)5-8-4-7(3)13-15-8/h4,6H,5H2,1-3H3,(H,12,16). The molecule has 2 heterocycles. The molecule has 1 N–H and O–H groups in total. The topological polar surface area (TPSA) is 59.6 Å². The van der Waals surface area contributed by atoms with Gasteiger partial charge in [-0.1, -0.05) is 19.0 Å². The van der Waals surface area contributed by atoms with E-state index in [1.165, 1.54) is 0 Å². The Morgan fingerprint density at radius 3 is 2.88 bits per heavy atom. The highest BCUT2D eigenvalue weighted by Crippen LogP contribution is 2.14. The van der Waals surface area contributed by atoms with Crippen molar-refractivity contribution in [2.75, 3.05) is 0 Å². The van der Waals surface area contributed by atoms with E-state index >= 15 is 0 Å². The number of hydrogen-bond donors (Lipinski definition) is 1. The van der Waals surface area contributed by atoms with E-state index in [9.17, 15) is 0 Å². The maximum Gasteiger partial charge on any atom is 0.195 e. The Kier molecular flexibility index (Phi) is 2.91. The van der Waals surface area contributed by atoms with Gasteiger partial charge < -0.3 is 4.52 Å². The van der Waals surface area contributed by atoms with Gasteiger partial charge in [-0.2, -0.15) is 5.10 Å². The summed E-state index contributed by atoms with van der Waals surface area (Å²) in [6.07, 6.45) is 0. The van der Waals surface area contributed by atoms with Gasteiger partial charge in [0.25, 0.3) is 0 Å². The van der Waals surface area contributed by atoms with Crippen LogP contribution >= 0.6 is 12.2 Å². The fraction of sp³-hybridized carbons (Fsp3) is 0.500. The molecule has 86 valence electrons. The van der Waals surface area contributed by atoms with E-state index in [2.05, 4.69) is 29.2 Å². The second kappa shape index (κ2) is 4.21. The molecular weight excluding hydrogens is 224 g/mol. The van der Waals surface area contributed by atoms with E-state index < -0.39 is 0 Å². The summed E-state index contributed by atoms with van der Waals surface area (Å²) in [6, 6.07) is 1.90. The van der Waals surface area contributed by atoms with Crippen LogP contribution in [0.4, 0.5) is 0 Å². The molecule has 0 saturated heterocycles. The summed E-state index contributed by atoms with van der Waals surface area (Å²) in [5, 5.41) is 10.8. The van der Waals surface area contributed by atoms with Crippen LogP contribution < -0.4 is 0 Å². The fourth-order valence-corrected chi connectivity index (χ4v) is 1.77. The van der Waals surface area contributed by atoms with Gasteiger partial charge in [0, 0.05) is 12.0 Å². The molecule has 0 atom stereocenters. The predicted octanol–water partition coefficient (Wildman–Crippen LogP) is 2.41. The van der Waals surface area contributed by atoms with Crippen LogP contribution in [-0.2, 0) is 6.54 Å². The van der Waals surface area contributed by atoms with Gasteiger partial charge in [-0.25, -0.2) is 0 Å². The van der Waals surface area contributed by atoms with E-state index in [1.54, 1.807) is 0 Å². The van der Waals surface area contributed by atoms with Crippen LogP contribution in [0.25, 0.3) is 0 Å². The number of aromatic amines is 1. The van der Waals surface area contributed by atoms with Crippen LogP contribution in [0.2, 0.25) is 0 Å². The van der Waals surface area contributed by atoms with E-state index in [-0.39, 0.29) is 0 Å². The second-order valence-corrected chi connectivity index (χ2v) is 4.45. The summed E-state index contributed by atoms with van der Waals surface area (Å²) in [6.45, 7) is 6.62. The SMILES string of the molecule is Cc1cc(Cn2c(C(C)C)n[nH]c2=S)on1. The second-order valence-electron chi connectivity index (χ2n) is 4.06. The van der Waals surface area contributed by atoms with Crippen molar-refractivity contribution in [2.24, 2.45) is 0 Å². The van der Waals surface area contributed by atoms with Gasteiger partial charge in [0.1, 0.15) is 5.82 Å². The van der Waals surface area contributed by atoms with Crippen molar-refractivity contribution in [3.63, 3.8) is 0 Å². The van der Waals surface area contributed by atoms with Crippen molar-refractivity contribution in [1.29, 1.82) is 0 Å². The van der Waals surface area contributed by atoms with Gasteiger partial charge in [-0.15, -0.1) is 0 Å². The maximum atomic E-state index is 5.18. The van der Waals surface area contributed by atoms with Crippen LogP contribution in [0.5, 0.6) is 0 Å². The Labute approximate surface area is 98.5 Å². The van der Waals surface area contributed by atoms with Crippen LogP contribution in [0.15, 0.2) is 10.6 Å². The molecule has 0 radical (unpaired) electrons. The summed E-state index contributed by atoms with van der Waals surface area (Å²) >= 11 is 5.18. The molecule has 0 saturated carbocycles. The van der Waals surface area contributed by atoms with Crippen LogP contribution in [-0.4, -0.2) is 19.9 Å². The van der Waals surface area contributed by atoms with Crippen molar-refractivity contribution < 1.29 is 4.52 Å². The summed E-state index contributed by atoms with van der Waals surface area (Å²) < 4.78 is 7.71. The zero-order valence-electron chi connectivity index (χ0n) is 9.52. The molecule has 0 aliphatic carbocycles. The van der Waals surface area contributed by atoms with Crippen molar-refractivity contribution in [3.05, 3.63) is 28.1 Å². The molecule has 0 amide bonds. The third-order valence-electron chi connectivity index (χ3n) is 2.29. The van der Waals surface area contributed by atoms with Gasteiger partial charge in [0.05, 0.1) is 12.2 Å². The minimum atomic E-state index is 0.317. The summed E-state index contributed by atoms with van der Waals surface area (Å²) in [5.74, 6) is 2.04. The molecule has 2 rings (SSSR count). The first-order valence-electron chi connectivity index (χ1n) is 5.15. The summed E-state index contributed by atoms with van der Waals surface area (Å²) in [4.78, 5) is 0. The third kappa shape index (κ3) is 2.06. The van der Waals surface area contributed by atoms with Crippen molar-refractivity contribution in [3.8, 4) is 0 Å². The van der Waals surface area contributed by atoms with Crippen LogP contribution in [0.1, 0.15) is 37.0 Å². The Morgan fingerprint density at radius 2 is 2.31 bits per heavy atom. The Morgan fingerprint density at radius 1 is 1.56 bits per heavy atom. The molecule has 0 aliphatic rings. The van der Waals surface area contributed by atoms with Crippen LogP contribution in [0, 0.1) is 11.7 Å². The number of aromatic nitrogens is 4. The number of nitrogens with one attached hydrogen (secondary N) is 1. The van der Waals surface area contributed by atoms with Gasteiger partial charge >= 0.3 is 0 Å². The zero-order valence-corrected chi connectivity index (χ0v) is 10.3. The lowest BCUT2D eigenvalue weighted by molar-refractivity contribution is 0.370. The van der Waals surface area contributed by atoms with E-state index in [4.69, 9.17) is 16.7 Å². The van der Waals surface area contributed by atoms with Gasteiger partial charge in [0.15, 0.2) is 10.5 Å². The number of nitrogens with zero attached hydrogens (tertiary/aromatic N) is 3. The quantitative estimate of drug-likeness (QED) is 0.834. The largest absolute Gasteiger partial charge is 0.359 e. The van der Waals surface area contributed by atoms with Gasteiger partial charge in [0.2, 0.25) is 0 Å². The minimum absolute atomic E-state index is 0.317. The monoisotopic (exact) mass is 238 g/mol.